The van der Waals surface area contributed by atoms with E-state index in [9.17, 15) is 4.39 Å². The Labute approximate surface area is 161 Å². The Morgan fingerprint density at radius 1 is 1.33 bits per heavy atom. The lowest BCUT2D eigenvalue weighted by Crippen LogP contribution is -2.38. The maximum absolute atomic E-state index is 14.3. The number of hydrogen-bond acceptors (Lipinski definition) is 4. The van der Waals surface area contributed by atoms with Gasteiger partial charge in [-0.3, -0.25) is 0 Å². The first kappa shape index (κ1) is 5.92. The van der Waals surface area contributed by atoms with Crippen LogP contribution in [0.5, 0.6) is 17.2 Å². The number of ether oxygens (including phenoxy) is 3. The zero-order valence-electron chi connectivity index (χ0n) is 26.9. The van der Waals surface area contributed by atoms with Crippen LogP contribution in [0.15, 0.2) is 42.4 Å². The van der Waals surface area contributed by atoms with Crippen LogP contribution in [0.2, 0.25) is 0 Å². The monoisotopic (exact) mass is 344 g/mol. The van der Waals surface area contributed by atoms with Crippen molar-refractivity contribution in [2.45, 2.75) is 12.3 Å². The van der Waals surface area contributed by atoms with Crippen molar-refractivity contribution in [1.82, 2.24) is 5.32 Å². The third-order valence-corrected chi connectivity index (χ3v) is 3.14. The second-order valence-electron chi connectivity index (χ2n) is 4.67. The van der Waals surface area contributed by atoms with Crippen LogP contribution in [0.1, 0.15) is 38.4 Å². The van der Waals surface area contributed by atoms with Gasteiger partial charge >= 0.3 is 0 Å². The van der Waals surface area contributed by atoms with Crippen molar-refractivity contribution >= 4 is 0 Å². The highest BCUT2D eigenvalue weighted by atomic mass is 19.1. The maximum Gasteiger partial charge on any atom is 0.231 e. The minimum Gasteiger partial charge on any atom is -0.493 e. The molecule has 0 radical (unpaired) electrons. The Kier molecular flexibility index (Phi) is 1.65. The molecule has 2 aromatic carbocycles. The molecule has 126 valence electrons. The molecule has 0 spiro atoms. The van der Waals surface area contributed by atoms with Gasteiger partial charge < -0.3 is 19.5 Å². The molecule has 0 aromatic heterocycles. The molecule has 1 saturated heterocycles. The fourth-order valence-corrected chi connectivity index (χ4v) is 2.03. The summed E-state index contributed by atoms with van der Waals surface area (Å²) >= 11 is 0. The van der Waals surface area contributed by atoms with E-state index >= 15 is 0 Å². The van der Waals surface area contributed by atoms with E-state index in [0.29, 0.717) is 0 Å². The van der Waals surface area contributed by atoms with Gasteiger partial charge in [0.1, 0.15) is 14.3 Å². The fourth-order valence-electron chi connectivity index (χ4n) is 2.03. The van der Waals surface area contributed by atoms with Crippen LogP contribution in [0.25, 0.3) is 0 Å². The standard InChI is InChI=1S/C19H20FNO3/c20-15-3-1-13(2-4-15)17-7-8-21-10-14(17)11-22-16-5-6-18-19(9-16)24-12-23-18/h1-6,9,14,17,21H,7-8,10-12H2/t14?,17-/m0/s1/i1D,2D,3D,4D,7D2,8D2,10D2,11D2,12D2,17D. The van der Waals surface area contributed by atoms with Crippen molar-refractivity contribution in [3.63, 3.8) is 0 Å². The zero-order valence-corrected chi connectivity index (χ0v) is 11.9. The van der Waals surface area contributed by atoms with E-state index in [1.54, 1.807) is 5.32 Å². The van der Waals surface area contributed by atoms with E-state index in [0.717, 1.165) is 18.2 Å². The van der Waals surface area contributed by atoms with Crippen molar-refractivity contribution < 1.29 is 39.2 Å². The number of halogens is 1. The average molecular weight is 344 g/mol. The molecule has 4 nitrogen and oxygen atoms in total. The van der Waals surface area contributed by atoms with Gasteiger partial charge in [0.2, 0.25) is 6.75 Å². The van der Waals surface area contributed by atoms with Gasteiger partial charge in [0, 0.05) is 28.1 Å². The fraction of sp³-hybridized carbons (Fsp3) is 0.368. The number of nitrogens with one attached hydrogen (secondary N) is 1. The first-order valence-corrected chi connectivity index (χ1v) is 6.77. The van der Waals surface area contributed by atoms with Crippen molar-refractivity contribution in [3.8, 4) is 17.2 Å². The van der Waals surface area contributed by atoms with Crippen molar-refractivity contribution in [2.75, 3.05) is 26.3 Å². The molecule has 0 aliphatic carbocycles. The second kappa shape index (κ2) is 6.69. The molecule has 1 unspecified atom stereocenters. The quantitative estimate of drug-likeness (QED) is 0.924. The normalized spacial score (nSPS) is 43.5. The molecule has 2 aliphatic rings. The van der Waals surface area contributed by atoms with E-state index in [4.69, 9.17) is 34.8 Å². The van der Waals surface area contributed by atoms with Gasteiger partial charge in [-0.2, -0.15) is 0 Å². The number of fused-ring (bicyclic) bond motifs is 1. The Balaban J connectivity index is 1.95. The van der Waals surface area contributed by atoms with Crippen LogP contribution in [0, 0.1) is 11.7 Å². The molecular formula is C19H20FNO3. The summed E-state index contributed by atoms with van der Waals surface area (Å²) in [6, 6.07) is -2.18. The first-order chi connectivity index (χ1) is 17.5. The highest BCUT2D eigenvalue weighted by molar-refractivity contribution is 5.46. The number of benzene rings is 2. The minimum absolute atomic E-state index is 0.0862. The summed E-state index contributed by atoms with van der Waals surface area (Å²) in [4.78, 5) is 0. The molecule has 5 heteroatoms. The molecule has 24 heavy (non-hydrogen) atoms. The summed E-state index contributed by atoms with van der Waals surface area (Å²) < 4.78 is 153. The molecule has 0 bridgehead atoms. The van der Waals surface area contributed by atoms with Gasteiger partial charge in [-0.05, 0) is 48.5 Å². The van der Waals surface area contributed by atoms with Gasteiger partial charge in [-0.15, -0.1) is 0 Å². The van der Waals surface area contributed by atoms with E-state index < -0.39 is 85.8 Å². The SMILES string of the molecule is [2H]c1c([2H])c([C@@]2([2H])C(C([2H])([2H])Oc3ccc4c(c3)OC([2H])([2H])O4)C([2H])([2H])NC([2H])([2H])C2([2H])[2H])c([2H])c([2H])c1F. The predicted octanol–water partition coefficient (Wildman–Crippen LogP) is 3.33. The Morgan fingerprint density at radius 2 is 2.17 bits per heavy atom. The van der Waals surface area contributed by atoms with E-state index in [1.165, 1.54) is 0 Å². The molecule has 0 saturated carbocycles. The lowest BCUT2D eigenvalue weighted by Gasteiger charge is -2.32. The maximum atomic E-state index is 14.3. The third-order valence-electron chi connectivity index (χ3n) is 3.14. The van der Waals surface area contributed by atoms with Crippen molar-refractivity contribution in [2.24, 2.45) is 5.92 Å². The summed E-state index contributed by atoms with van der Waals surface area (Å²) in [6.07, 6.45) is -3.68. The van der Waals surface area contributed by atoms with E-state index in [-0.39, 0.29) is 11.5 Å². The smallest absolute Gasteiger partial charge is 0.231 e. The third kappa shape index (κ3) is 3.17. The Bertz CT molecular complexity index is 1320. The highest BCUT2D eigenvalue weighted by Gasteiger charge is 2.27. The largest absolute Gasteiger partial charge is 0.493 e. The zero-order chi connectivity index (χ0) is 29.7. The summed E-state index contributed by atoms with van der Waals surface area (Å²) in [5.74, 6) is -8.81. The van der Waals surface area contributed by atoms with Crippen LogP contribution in [0.4, 0.5) is 4.39 Å². The minimum atomic E-state index is -3.68. The van der Waals surface area contributed by atoms with E-state index in [2.05, 4.69) is 0 Å². The van der Waals surface area contributed by atoms with Crippen LogP contribution in [0.3, 0.4) is 0 Å². The lowest BCUT2D eigenvalue weighted by molar-refractivity contribution is 0.173. The van der Waals surface area contributed by atoms with Gasteiger partial charge in [0.05, 0.1) is 14.8 Å². The number of rotatable bonds is 4. The summed E-state index contributed by atoms with van der Waals surface area (Å²) in [7, 11) is 0. The first-order valence-electron chi connectivity index (χ1n) is 14.3. The molecule has 2 aliphatic heterocycles. The molecule has 2 aromatic rings. The van der Waals surface area contributed by atoms with Gasteiger partial charge in [0.25, 0.3) is 0 Å². The average Bonchev–Trinajstić information content (AvgIpc) is 3.07. The van der Waals surface area contributed by atoms with E-state index in [1.807, 2.05) is 0 Å². The summed E-state index contributed by atoms with van der Waals surface area (Å²) in [5, 5.41) is 1.69. The molecule has 1 N–H and O–H groups in total. The van der Waals surface area contributed by atoms with Crippen LogP contribution in [-0.2, 0) is 0 Å². The topological polar surface area (TPSA) is 39.7 Å². The Hall–Kier alpha value is -2.27. The number of hydrogen-bond donors (Lipinski definition) is 1. The highest BCUT2D eigenvalue weighted by Crippen LogP contribution is 2.36. The molecule has 1 fully saturated rings. The Morgan fingerprint density at radius 3 is 3.04 bits per heavy atom. The van der Waals surface area contributed by atoms with Crippen LogP contribution >= 0.6 is 0 Å². The predicted molar refractivity (Wildman–Crippen MR) is 88.2 cm³/mol. The van der Waals surface area contributed by atoms with Crippen LogP contribution < -0.4 is 19.5 Å². The molecular weight excluding hydrogens is 309 g/mol. The van der Waals surface area contributed by atoms with Crippen molar-refractivity contribution in [3.05, 3.63) is 53.7 Å². The van der Waals surface area contributed by atoms with Gasteiger partial charge in [-0.1, -0.05) is 12.1 Å². The van der Waals surface area contributed by atoms with Crippen molar-refractivity contribution in [1.29, 1.82) is 0 Å². The molecule has 0 amide bonds. The van der Waals surface area contributed by atoms with Crippen LogP contribution in [-0.4, -0.2) is 26.3 Å². The lowest BCUT2D eigenvalue weighted by atomic mass is 9.81. The summed E-state index contributed by atoms with van der Waals surface area (Å²) in [6.45, 7) is -12.8. The molecule has 4 rings (SSSR count). The van der Waals surface area contributed by atoms with Gasteiger partial charge in [0.15, 0.2) is 11.5 Å². The summed E-state index contributed by atoms with van der Waals surface area (Å²) in [5.41, 5.74) is -1.28. The second-order valence-corrected chi connectivity index (χ2v) is 4.67. The molecule has 2 heterocycles. The molecule has 2 atom stereocenters. The van der Waals surface area contributed by atoms with Gasteiger partial charge in [-0.25, -0.2) is 4.39 Å². The number of piperidine rings is 1.